The van der Waals surface area contributed by atoms with Crippen molar-refractivity contribution in [3.63, 3.8) is 0 Å². The quantitative estimate of drug-likeness (QED) is 0.712. The van der Waals surface area contributed by atoms with Crippen molar-refractivity contribution in [1.82, 2.24) is 10.6 Å². The topological polar surface area (TPSA) is 62.6 Å². The lowest BCUT2D eigenvalue weighted by Crippen LogP contribution is -3.09. The van der Waals surface area contributed by atoms with Gasteiger partial charge in [-0.05, 0) is 24.8 Å². The molecule has 0 aliphatic rings. The normalized spacial score (nSPS) is 13.5. The molecule has 0 fully saturated rings. The van der Waals surface area contributed by atoms with E-state index in [-0.39, 0.29) is 18.5 Å². The number of urea groups is 1. The van der Waals surface area contributed by atoms with Gasteiger partial charge in [0.2, 0.25) is 0 Å². The van der Waals surface area contributed by atoms with Crippen molar-refractivity contribution in [2.45, 2.75) is 52.6 Å². The van der Waals surface area contributed by atoms with Crippen LogP contribution in [0.3, 0.4) is 0 Å². The van der Waals surface area contributed by atoms with E-state index in [4.69, 9.17) is 0 Å². The predicted octanol–water partition coefficient (Wildman–Crippen LogP) is 1.45. The Hall–Kier alpha value is -1.88. The number of likely N-dealkylation sites (N-methyl/N-ethyl adjacent to an activating group) is 1. The maximum Gasteiger partial charge on any atom is 0.321 e. The van der Waals surface area contributed by atoms with E-state index in [1.54, 1.807) is 0 Å². The number of hydrogen-bond acceptors (Lipinski definition) is 2. The van der Waals surface area contributed by atoms with E-state index in [2.05, 4.69) is 48.7 Å². The fraction of sp³-hybridized carbons (Fsp3) is 0.556. The van der Waals surface area contributed by atoms with Gasteiger partial charge in [-0.15, -0.1) is 0 Å². The van der Waals surface area contributed by atoms with Gasteiger partial charge in [-0.3, -0.25) is 10.1 Å². The molecule has 0 heterocycles. The van der Waals surface area contributed by atoms with Gasteiger partial charge in [-0.1, -0.05) is 45.0 Å². The second kappa shape index (κ2) is 9.30. The highest BCUT2D eigenvalue weighted by Gasteiger charge is 2.14. The third-order valence-corrected chi connectivity index (χ3v) is 3.86. The fourth-order valence-electron chi connectivity index (χ4n) is 2.24. The van der Waals surface area contributed by atoms with E-state index >= 15 is 0 Å². The lowest BCUT2D eigenvalue weighted by atomic mass is 10.0. The first kappa shape index (κ1) is 19.2. The maximum atomic E-state index is 11.9. The molecular formula is C18H30N3O2+. The highest BCUT2D eigenvalue weighted by Crippen LogP contribution is 2.14. The summed E-state index contributed by atoms with van der Waals surface area (Å²) in [6.07, 6.45) is 0.832. The number of carbonyl (C=O) groups is 2. The second-order valence-corrected chi connectivity index (χ2v) is 6.54. The zero-order valence-electron chi connectivity index (χ0n) is 14.9. The molecular weight excluding hydrogens is 290 g/mol. The molecule has 1 unspecified atom stereocenters. The molecule has 0 aromatic heterocycles. The molecule has 0 saturated carbocycles. The Morgan fingerprint density at radius 3 is 2.26 bits per heavy atom. The summed E-state index contributed by atoms with van der Waals surface area (Å²) in [5, 5.41) is 5.10. The number of rotatable bonds is 7. The van der Waals surface area contributed by atoms with Crippen molar-refractivity contribution in [2.24, 2.45) is 0 Å². The Kier molecular flexibility index (Phi) is 7.75. The average Bonchev–Trinajstić information content (AvgIpc) is 2.46. The summed E-state index contributed by atoms with van der Waals surface area (Å²) in [5.74, 6) is 0.256. The van der Waals surface area contributed by atoms with Gasteiger partial charge in [0.15, 0.2) is 6.54 Å². The summed E-state index contributed by atoms with van der Waals surface area (Å²) < 4.78 is 0. The van der Waals surface area contributed by atoms with Gasteiger partial charge in [-0.25, -0.2) is 4.79 Å². The van der Waals surface area contributed by atoms with Crippen LogP contribution in [0.2, 0.25) is 0 Å². The first-order chi connectivity index (χ1) is 10.8. The molecule has 23 heavy (non-hydrogen) atoms. The van der Waals surface area contributed by atoms with E-state index in [1.165, 1.54) is 11.1 Å². The minimum absolute atomic E-state index is 0.0624. The molecule has 1 aromatic rings. The van der Waals surface area contributed by atoms with E-state index in [1.807, 2.05) is 20.9 Å². The van der Waals surface area contributed by atoms with Crippen molar-refractivity contribution < 1.29 is 14.5 Å². The largest absolute Gasteiger partial charge is 0.335 e. The van der Waals surface area contributed by atoms with Gasteiger partial charge in [0.1, 0.15) is 6.54 Å². The smallest absolute Gasteiger partial charge is 0.321 e. The fourth-order valence-corrected chi connectivity index (χ4v) is 2.24. The lowest BCUT2D eigenvalue weighted by molar-refractivity contribution is -0.885. The molecule has 3 N–H and O–H groups in total. The van der Waals surface area contributed by atoms with Crippen molar-refractivity contribution in [3.05, 3.63) is 35.4 Å². The van der Waals surface area contributed by atoms with Crippen LogP contribution in [0.5, 0.6) is 0 Å². The van der Waals surface area contributed by atoms with Crippen LogP contribution in [0.4, 0.5) is 4.79 Å². The number of imide groups is 1. The Morgan fingerprint density at radius 2 is 1.74 bits per heavy atom. The van der Waals surface area contributed by atoms with Crippen LogP contribution in [0.1, 0.15) is 51.2 Å². The van der Waals surface area contributed by atoms with E-state index in [0.717, 1.165) is 17.9 Å². The second-order valence-electron chi connectivity index (χ2n) is 6.54. The zero-order chi connectivity index (χ0) is 17.4. The number of nitrogens with one attached hydrogen (secondary N) is 3. The number of carbonyl (C=O) groups excluding carboxylic acids is 2. The Balaban J connectivity index is 2.41. The lowest BCUT2D eigenvalue weighted by Gasteiger charge is -2.15. The van der Waals surface area contributed by atoms with Crippen LogP contribution in [0, 0.1) is 0 Å². The molecule has 1 rings (SSSR count). The van der Waals surface area contributed by atoms with Crippen LogP contribution in [0.25, 0.3) is 0 Å². The molecule has 5 nitrogen and oxygen atoms in total. The molecule has 1 aromatic carbocycles. The van der Waals surface area contributed by atoms with Gasteiger partial charge < -0.3 is 10.2 Å². The maximum absolute atomic E-state index is 11.9. The van der Waals surface area contributed by atoms with Crippen LogP contribution in [-0.4, -0.2) is 31.6 Å². The standard InChI is InChI=1S/C18H29N3O2/c1-6-14(4)19-18(23)20-17(22)12-21(5)11-15-7-9-16(10-8-15)13(2)3/h7-10,13-14H,6,11-12H2,1-5H3,(H2,19,20,22,23)/p+1/t14-/m1/s1. The van der Waals surface area contributed by atoms with E-state index < -0.39 is 6.03 Å². The third kappa shape index (κ3) is 7.28. The van der Waals surface area contributed by atoms with Crippen molar-refractivity contribution >= 4 is 11.9 Å². The summed E-state index contributed by atoms with van der Waals surface area (Å²) in [6.45, 7) is 9.23. The molecule has 0 bridgehead atoms. The van der Waals surface area contributed by atoms with Crippen molar-refractivity contribution in [1.29, 1.82) is 0 Å². The molecule has 0 radical (unpaired) electrons. The molecule has 128 valence electrons. The molecule has 0 aliphatic heterocycles. The third-order valence-electron chi connectivity index (χ3n) is 3.86. The van der Waals surface area contributed by atoms with Gasteiger partial charge in [0.25, 0.3) is 5.91 Å². The molecule has 0 aliphatic carbocycles. The van der Waals surface area contributed by atoms with E-state index in [9.17, 15) is 9.59 Å². The Morgan fingerprint density at radius 1 is 1.13 bits per heavy atom. The summed E-state index contributed by atoms with van der Waals surface area (Å²) in [4.78, 5) is 24.5. The molecule has 3 amide bonds. The van der Waals surface area contributed by atoms with Crippen LogP contribution >= 0.6 is 0 Å². The van der Waals surface area contributed by atoms with Crippen molar-refractivity contribution in [3.8, 4) is 0 Å². The van der Waals surface area contributed by atoms with Crippen molar-refractivity contribution in [2.75, 3.05) is 13.6 Å². The monoisotopic (exact) mass is 320 g/mol. The Bertz CT molecular complexity index is 512. The molecule has 0 spiro atoms. The summed E-state index contributed by atoms with van der Waals surface area (Å²) >= 11 is 0. The van der Waals surface area contributed by atoms with Crippen LogP contribution < -0.4 is 15.5 Å². The van der Waals surface area contributed by atoms with Gasteiger partial charge >= 0.3 is 6.03 Å². The first-order valence-corrected chi connectivity index (χ1v) is 8.32. The zero-order valence-corrected chi connectivity index (χ0v) is 14.9. The first-order valence-electron chi connectivity index (χ1n) is 8.32. The highest BCUT2D eigenvalue weighted by atomic mass is 16.2. The summed E-state index contributed by atoms with van der Waals surface area (Å²) in [6, 6.07) is 8.12. The number of hydrogen-bond donors (Lipinski definition) is 3. The number of quaternary nitrogens is 1. The summed E-state index contributed by atoms with van der Waals surface area (Å²) in [5.41, 5.74) is 2.50. The molecule has 5 heteroatoms. The van der Waals surface area contributed by atoms with E-state index in [0.29, 0.717) is 5.92 Å². The minimum atomic E-state index is -0.418. The minimum Gasteiger partial charge on any atom is -0.335 e. The number of benzene rings is 1. The average molecular weight is 320 g/mol. The van der Waals surface area contributed by atoms with Crippen LogP contribution in [-0.2, 0) is 11.3 Å². The highest BCUT2D eigenvalue weighted by molar-refractivity contribution is 5.94. The Labute approximate surface area is 139 Å². The summed E-state index contributed by atoms with van der Waals surface area (Å²) in [7, 11) is 1.95. The van der Waals surface area contributed by atoms with Gasteiger partial charge in [0, 0.05) is 11.6 Å². The van der Waals surface area contributed by atoms with Gasteiger partial charge in [0.05, 0.1) is 7.05 Å². The molecule has 0 saturated heterocycles. The predicted molar refractivity (Wildman–Crippen MR) is 92.4 cm³/mol. The van der Waals surface area contributed by atoms with Gasteiger partial charge in [-0.2, -0.15) is 0 Å². The molecule has 2 atom stereocenters. The SMILES string of the molecule is CC[C@@H](C)NC(=O)NC(=O)C[NH+](C)Cc1ccc(C(C)C)cc1. The van der Waals surface area contributed by atoms with Crippen LogP contribution in [0.15, 0.2) is 24.3 Å². The number of amides is 3.